The molecule has 0 radical (unpaired) electrons. The molecule has 0 aliphatic carbocycles. The van der Waals surface area contributed by atoms with E-state index >= 15 is 0 Å². The van der Waals surface area contributed by atoms with Gasteiger partial charge >= 0.3 is 6.03 Å². The van der Waals surface area contributed by atoms with E-state index in [0.29, 0.717) is 6.54 Å². The van der Waals surface area contributed by atoms with Crippen LogP contribution < -0.4 is 5.32 Å². The maximum atomic E-state index is 12.3. The monoisotopic (exact) mass is 351 g/mol. The number of urea groups is 1. The Balaban J connectivity index is 1.64. The predicted molar refractivity (Wildman–Crippen MR) is 96.0 cm³/mol. The van der Waals surface area contributed by atoms with E-state index in [1.807, 2.05) is 4.90 Å². The number of piperidine rings is 1. The number of amidine groups is 1. The molecule has 0 spiro atoms. The Labute approximate surface area is 147 Å². The molecule has 2 unspecified atom stereocenters. The smallest absolute Gasteiger partial charge is 0.325 e. The molecule has 1 N–H and O–H groups in total. The van der Waals surface area contributed by atoms with E-state index in [1.165, 1.54) is 37.3 Å². The molecule has 3 heterocycles. The van der Waals surface area contributed by atoms with Crippen LogP contribution in [0.25, 0.3) is 0 Å². The molecule has 2 fully saturated rings. The van der Waals surface area contributed by atoms with E-state index in [-0.39, 0.29) is 11.9 Å². The molecule has 0 bridgehead atoms. The van der Waals surface area contributed by atoms with Crippen LogP contribution in [0.4, 0.5) is 4.79 Å². The zero-order chi connectivity index (χ0) is 17.1. The van der Waals surface area contributed by atoms with Crippen molar-refractivity contribution in [3.8, 4) is 0 Å². The second kappa shape index (κ2) is 7.57. The SMILES string of the molecule is C=CCN1C(SCCN2CCCCC2)=NC2C1C(=O)NC(=O)N2C. The standard InChI is InChI=1S/C16H25N5O2S/c1-3-7-21-12-13(19(2)15(23)18-14(12)22)17-16(21)24-11-10-20-8-5-4-6-9-20/h3,12-13H,1,4-11H2,2H3,(H,18,22,23). The number of nitrogens with one attached hydrogen (secondary N) is 1. The normalized spacial score (nSPS) is 27.8. The maximum absolute atomic E-state index is 12.3. The number of nitrogens with zero attached hydrogens (tertiary/aromatic N) is 4. The van der Waals surface area contributed by atoms with Gasteiger partial charge in [-0.2, -0.15) is 0 Å². The highest BCUT2D eigenvalue weighted by Gasteiger charge is 2.48. The first-order chi connectivity index (χ1) is 11.6. The van der Waals surface area contributed by atoms with Gasteiger partial charge in [0.1, 0.15) is 0 Å². The molecule has 7 nitrogen and oxygen atoms in total. The number of aliphatic imine (C=N–C) groups is 1. The summed E-state index contributed by atoms with van der Waals surface area (Å²) in [6.07, 6.45) is 5.23. The van der Waals surface area contributed by atoms with Crippen molar-refractivity contribution in [3.63, 3.8) is 0 Å². The van der Waals surface area contributed by atoms with Crippen LogP contribution in [-0.2, 0) is 4.79 Å². The van der Waals surface area contributed by atoms with Crippen molar-refractivity contribution in [2.75, 3.05) is 39.0 Å². The van der Waals surface area contributed by atoms with Crippen LogP contribution >= 0.6 is 11.8 Å². The molecule has 3 aliphatic rings. The molecule has 24 heavy (non-hydrogen) atoms. The van der Waals surface area contributed by atoms with Gasteiger partial charge in [0.05, 0.1) is 0 Å². The Morgan fingerprint density at radius 1 is 1.33 bits per heavy atom. The number of thioether (sulfide) groups is 1. The third kappa shape index (κ3) is 3.44. The molecule has 0 aromatic heterocycles. The number of hydrogen-bond donors (Lipinski definition) is 1. The van der Waals surface area contributed by atoms with E-state index in [1.54, 1.807) is 24.9 Å². The van der Waals surface area contributed by atoms with Crippen molar-refractivity contribution in [1.82, 2.24) is 20.0 Å². The van der Waals surface area contributed by atoms with E-state index in [2.05, 4.69) is 21.8 Å². The molecular formula is C16H25N5O2S. The number of fused-ring (bicyclic) bond motifs is 1. The summed E-state index contributed by atoms with van der Waals surface area (Å²) in [7, 11) is 1.68. The van der Waals surface area contributed by atoms with Gasteiger partial charge in [0.15, 0.2) is 17.4 Å². The third-order valence-corrected chi connectivity index (χ3v) is 5.72. The first kappa shape index (κ1) is 17.3. The minimum absolute atomic E-state index is 0.277. The number of carbonyl (C=O) groups excluding carboxylic acids is 2. The minimum atomic E-state index is -0.455. The lowest BCUT2D eigenvalue weighted by atomic mass is 10.1. The lowest BCUT2D eigenvalue weighted by Gasteiger charge is -2.35. The Morgan fingerprint density at radius 3 is 2.79 bits per heavy atom. The van der Waals surface area contributed by atoms with Crippen LogP contribution in [0.5, 0.6) is 0 Å². The summed E-state index contributed by atoms with van der Waals surface area (Å²) in [6, 6.07) is -0.841. The number of amides is 3. The van der Waals surface area contributed by atoms with Crippen LogP contribution in [0.3, 0.4) is 0 Å². The summed E-state index contributed by atoms with van der Waals surface area (Å²) < 4.78 is 0. The maximum Gasteiger partial charge on any atom is 0.325 e. The fraction of sp³-hybridized carbons (Fsp3) is 0.688. The Morgan fingerprint density at radius 2 is 2.08 bits per heavy atom. The van der Waals surface area contributed by atoms with Gasteiger partial charge in [-0.3, -0.25) is 10.1 Å². The first-order valence-corrected chi connectivity index (χ1v) is 9.48. The highest BCUT2D eigenvalue weighted by molar-refractivity contribution is 8.13. The molecule has 3 amide bonds. The summed E-state index contributed by atoms with van der Waals surface area (Å²) >= 11 is 1.67. The van der Waals surface area contributed by atoms with Crippen molar-refractivity contribution in [2.45, 2.75) is 31.5 Å². The van der Waals surface area contributed by atoms with E-state index < -0.39 is 12.2 Å². The third-order valence-electron chi connectivity index (χ3n) is 4.74. The van der Waals surface area contributed by atoms with Crippen LogP contribution in [0.2, 0.25) is 0 Å². The van der Waals surface area contributed by atoms with Gasteiger partial charge in [-0.1, -0.05) is 24.3 Å². The fourth-order valence-corrected chi connectivity index (χ4v) is 4.47. The van der Waals surface area contributed by atoms with Gasteiger partial charge in [-0.05, 0) is 25.9 Å². The molecule has 3 aliphatic heterocycles. The van der Waals surface area contributed by atoms with Crippen molar-refractivity contribution in [1.29, 1.82) is 0 Å². The Hall–Kier alpha value is -1.54. The zero-order valence-electron chi connectivity index (χ0n) is 14.1. The van der Waals surface area contributed by atoms with Gasteiger partial charge in [-0.15, -0.1) is 6.58 Å². The topological polar surface area (TPSA) is 68.2 Å². The van der Waals surface area contributed by atoms with Gasteiger partial charge < -0.3 is 14.7 Å². The van der Waals surface area contributed by atoms with Crippen LogP contribution in [-0.4, -0.2) is 83.0 Å². The number of hydrogen-bond acceptors (Lipinski definition) is 6. The number of carbonyl (C=O) groups is 2. The number of imide groups is 1. The minimum Gasteiger partial charge on any atom is -0.332 e. The van der Waals surface area contributed by atoms with Gasteiger partial charge in [-0.25, -0.2) is 9.79 Å². The summed E-state index contributed by atoms with van der Waals surface area (Å²) in [4.78, 5) is 34.7. The lowest BCUT2D eigenvalue weighted by molar-refractivity contribution is -0.126. The summed E-state index contributed by atoms with van der Waals surface area (Å²) in [5, 5.41) is 3.23. The summed E-state index contributed by atoms with van der Waals surface area (Å²) in [6.45, 7) is 7.71. The van der Waals surface area contributed by atoms with E-state index in [0.717, 1.165) is 17.5 Å². The largest absolute Gasteiger partial charge is 0.332 e. The number of likely N-dealkylation sites (tertiary alicyclic amines) is 1. The number of likely N-dealkylation sites (N-methyl/N-ethyl adjacent to an activating group) is 1. The van der Waals surface area contributed by atoms with Crippen LogP contribution in [0.15, 0.2) is 17.6 Å². The second-order valence-electron chi connectivity index (χ2n) is 6.37. The van der Waals surface area contributed by atoms with Crippen molar-refractivity contribution in [2.24, 2.45) is 4.99 Å². The van der Waals surface area contributed by atoms with E-state index in [4.69, 9.17) is 0 Å². The average molecular weight is 351 g/mol. The molecule has 2 saturated heterocycles. The summed E-state index contributed by atoms with van der Waals surface area (Å²) in [5.41, 5.74) is 0. The highest BCUT2D eigenvalue weighted by atomic mass is 32.2. The average Bonchev–Trinajstić information content (AvgIpc) is 2.93. The van der Waals surface area contributed by atoms with E-state index in [9.17, 15) is 9.59 Å². The summed E-state index contributed by atoms with van der Waals surface area (Å²) in [5.74, 6) is 0.658. The highest BCUT2D eigenvalue weighted by Crippen LogP contribution is 2.28. The Bertz CT molecular complexity index is 547. The molecular weight excluding hydrogens is 326 g/mol. The molecule has 0 aromatic carbocycles. The van der Waals surface area contributed by atoms with Crippen LogP contribution in [0, 0.1) is 0 Å². The van der Waals surface area contributed by atoms with Crippen molar-refractivity contribution >= 4 is 28.9 Å². The molecule has 2 atom stereocenters. The zero-order valence-corrected chi connectivity index (χ0v) is 14.9. The Kier molecular flexibility index (Phi) is 5.45. The second-order valence-corrected chi connectivity index (χ2v) is 7.43. The van der Waals surface area contributed by atoms with Crippen molar-refractivity contribution in [3.05, 3.63) is 12.7 Å². The lowest BCUT2D eigenvalue weighted by Crippen LogP contribution is -2.63. The molecule has 132 valence electrons. The van der Waals surface area contributed by atoms with Gasteiger partial charge in [0.25, 0.3) is 5.91 Å². The number of rotatable bonds is 5. The van der Waals surface area contributed by atoms with Crippen molar-refractivity contribution < 1.29 is 9.59 Å². The quantitative estimate of drug-likeness (QED) is 0.747. The fourth-order valence-electron chi connectivity index (χ4n) is 3.40. The van der Waals surface area contributed by atoms with Gasteiger partial charge in [0.2, 0.25) is 0 Å². The molecule has 0 aromatic rings. The predicted octanol–water partition coefficient (Wildman–Crippen LogP) is 0.939. The molecule has 0 saturated carbocycles. The first-order valence-electron chi connectivity index (χ1n) is 8.50. The van der Waals surface area contributed by atoms with Gasteiger partial charge in [0, 0.05) is 25.9 Å². The van der Waals surface area contributed by atoms with Crippen LogP contribution in [0.1, 0.15) is 19.3 Å². The molecule has 3 rings (SSSR count). The molecule has 8 heteroatoms.